The molecule has 0 aromatic carbocycles. The van der Waals surface area contributed by atoms with E-state index in [4.69, 9.17) is 9.26 Å². The third-order valence-corrected chi connectivity index (χ3v) is 5.52. The number of piperidine rings is 1. The van der Waals surface area contributed by atoms with Crippen LogP contribution in [0.15, 0.2) is 16.9 Å². The highest BCUT2D eigenvalue weighted by Gasteiger charge is 2.41. The summed E-state index contributed by atoms with van der Waals surface area (Å²) < 4.78 is 10.7. The summed E-state index contributed by atoms with van der Waals surface area (Å²) in [6.07, 6.45) is 5.58. The summed E-state index contributed by atoms with van der Waals surface area (Å²) in [7, 11) is 0. The summed E-state index contributed by atoms with van der Waals surface area (Å²) in [6, 6.07) is 0. The summed E-state index contributed by atoms with van der Waals surface area (Å²) in [5, 5.41) is 4.10. The highest BCUT2D eigenvalue weighted by Crippen LogP contribution is 2.33. The highest BCUT2D eigenvalue weighted by molar-refractivity contribution is 5.84. The van der Waals surface area contributed by atoms with E-state index < -0.39 is 5.60 Å². The third-order valence-electron chi connectivity index (χ3n) is 5.52. The maximum atomic E-state index is 12.6. The zero-order valence-electron chi connectivity index (χ0n) is 16.9. The molecule has 0 spiro atoms. The second kappa shape index (κ2) is 7.53. The number of nitrogens with zero attached hydrogens (tertiary/aromatic N) is 5. The minimum atomic E-state index is -0.479. The summed E-state index contributed by atoms with van der Waals surface area (Å²) in [4.78, 5) is 39.3. The average molecular weight is 399 g/mol. The summed E-state index contributed by atoms with van der Waals surface area (Å²) in [5.41, 5.74) is 0.890. The van der Waals surface area contributed by atoms with Crippen LogP contribution in [0.4, 0.5) is 0 Å². The Morgan fingerprint density at radius 2 is 2.00 bits per heavy atom. The van der Waals surface area contributed by atoms with Gasteiger partial charge in [0, 0.05) is 38.0 Å². The van der Waals surface area contributed by atoms with Crippen molar-refractivity contribution in [2.24, 2.45) is 5.92 Å². The largest absolute Gasteiger partial charge is 0.459 e. The molecule has 0 N–H and O–H groups in total. The lowest BCUT2D eigenvalue weighted by Gasteiger charge is -2.31. The normalized spacial score (nSPS) is 22.0. The van der Waals surface area contributed by atoms with Crippen LogP contribution in [0.2, 0.25) is 0 Å². The van der Waals surface area contributed by atoms with Gasteiger partial charge in [0.25, 0.3) is 5.89 Å². The van der Waals surface area contributed by atoms with Crippen LogP contribution >= 0.6 is 0 Å². The lowest BCUT2D eigenvalue weighted by atomic mass is 9.92. The maximum absolute atomic E-state index is 12.6. The molecule has 0 unspecified atom stereocenters. The van der Waals surface area contributed by atoms with Crippen molar-refractivity contribution in [1.82, 2.24) is 25.0 Å². The van der Waals surface area contributed by atoms with Gasteiger partial charge in [0.15, 0.2) is 5.82 Å². The SMILES string of the molecule is Cc1cnc(-c2nc(C3CCN(C(=O)C[C@@H]4CC(C)(C)OC4=O)CC3)no2)cn1. The molecule has 2 fully saturated rings. The van der Waals surface area contributed by atoms with Gasteiger partial charge in [-0.1, -0.05) is 5.16 Å². The molecule has 2 aromatic rings. The quantitative estimate of drug-likeness (QED) is 0.720. The third kappa shape index (κ3) is 4.28. The Hall–Kier alpha value is -2.84. The molecule has 0 radical (unpaired) electrons. The molecule has 0 saturated carbocycles. The molecular formula is C20H25N5O4. The number of aromatic nitrogens is 4. The van der Waals surface area contributed by atoms with Gasteiger partial charge in [0.1, 0.15) is 11.3 Å². The van der Waals surface area contributed by atoms with Crippen LogP contribution in [0, 0.1) is 12.8 Å². The minimum absolute atomic E-state index is 0.00632. The average Bonchev–Trinajstić information content (AvgIpc) is 3.27. The van der Waals surface area contributed by atoms with Crippen molar-refractivity contribution in [3.63, 3.8) is 0 Å². The molecule has 2 aliphatic rings. The number of cyclic esters (lactones) is 1. The number of likely N-dealkylation sites (tertiary alicyclic amines) is 1. The van der Waals surface area contributed by atoms with Gasteiger partial charge in [-0.25, -0.2) is 4.98 Å². The molecule has 4 rings (SSSR count). The summed E-state index contributed by atoms with van der Waals surface area (Å²) >= 11 is 0. The number of rotatable bonds is 4. The van der Waals surface area contributed by atoms with Gasteiger partial charge in [-0.05, 0) is 33.6 Å². The van der Waals surface area contributed by atoms with Crippen LogP contribution in [0.3, 0.4) is 0 Å². The number of carbonyl (C=O) groups excluding carboxylic acids is 2. The zero-order valence-corrected chi connectivity index (χ0v) is 16.9. The van der Waals surface area contributed by atoms with E-state index in [2.05, 4.69) is 20.1 Å². The molecule has 4 heterocycles. The Labute approximate surface area is 168 Å². The van der Waals surface area contributed by atoms with Gasteiger partial charge >= 0.3 is 5.97 Å². The smallest absolute Gasteiger partial charge is 0.310 e. The number of amides is 1. The Bertz CT molecular complexity index is 900. The van der Waals surface area contributed by atoms with E-state index >= 15 is 0 Å². The second-order valence-corrected chi connectivity index (χ2v) is 8.44. The molecule has 1 atom stereocenters. The maximum Gasteiger partial charge on any atom is 0.310 e. The second-order valence-electron chi connectivity index (χ2n) is 8.44. The van der Waals surface area contributed by atoms with Crippen molar-refractivity contribution < 1.29 is 18.8 Å². The van der Waals surface area contributed by atoms with Crippen molar-refractivity contribution in [3.8, 4) is 11.6 Å². The number of esters is 1. The lowest BCUT2D eigenvalue weighted by Crippen LogP contribution is -2.39. The van der Waals surface area contributed by atoms with Crippen molar-refractivity contribution in [2.75, 3.05) is 13.1 Å². The van der Waals surface area contributed by atoms with E-state index in [-0.39, 0.29) is 30.1 Å². The molecular weight excluding hydrogens is 374 g/mol. The van der Waals surface area contributed by atoms with Crippen molar-refractivity contribution in [3.05, 3.63) is 23.9 Å². The molecule has 9 nitrogen and oxygen atoms in total. The Morgan fingerprint density at radius 3 is 2.62 bits per heavy atom. The summed E-state index contributed by atoms with van der Waals surface area (Å²) in [5.74, 6) is 0.517. The fraction of sp³-hybridized carbons (Fsp3) is 0.600. The lowest BCUT2D eigenvalue weighted by molar-refractivity contribution is -0.150. The first-order valence-electron chi connectivity index (χ1n) is 9.94. The Kier molecular flexibility index (Phi) is 5.06. The van der Waals surface area contributed by atoms with E-state index in [0.717, 1.165) is 18.5 Å². The van der Waals surface area contributed by atoms with Gasteiger partial charge < -0.3 is 14.2 Å². The van der Waals surface area contributed by atoms with Gasteiger partial charge in [-0.3, -0.25) is 14.6 Å². The molecule has 9 heteroatoms. The Balaban J connectivity index is 1.32. The predicted octanol–water partition coefficient (Wildman–Crippen LogP) is 2.27. The predicted molar refractivity (Wildman–Crippen MR) is 102 cm³/mol. The first-order valence-corrected chi connectivity index (χ1v) is 9.94. The standard InChI is InChI=1S/C20H25N5O4/c1-12-10-22-15(11-21-12)18-23-17(24-29-18)13-4-6-25(7-5-13)16(26)8-14-9-20(2,3)28-19(14)27/h10-11,13-14H,4-9H2,1-3H3/t14-/m1/s1. The van der Waals surface area contributed by atoms with Gasteiger partial charge in [-0.15, -0.1) is 0 Å². The van der Waals surface area contributed by atoms with Gasteiger partial charge in [-0.2, -0.15) is 4.98 Å². The van der Waals surface area contributed by atoms with Crippen molar-refractivity contribution >= 4 is 11.9 Å². The van der Waals surface area contributed by atoms with Crippen LogP contribution in [0.1, 0.15) is 57.0 Å². The number of hydrogen-bond acceptors (Lipinski definition) is 8. The monoisotopic (exact) mass is 399 g/mol. The van der Waals surface area contributed by atoms with Crippen LogP contribution in [0.25, 0.3) is 11.6 Å². The molecule has 0 bridgehead atoms. The molecule has 1 amide bonds. The zero-order chi connectivity index (χ0) is 20.6. The first-order chi connectivity index (χ1) is 13.8. The first kappa shape index (κ1) is 19.5. The number of hydrogen-bond donors (Lipinski definition) is 0. The van der Waals surface area contributed by atoms with E-state index in [1.165, 1.54) is 0 Å². The van der Waals surface area contributed by atoms with E-state index in [1.54, 1.807) is 12.4 Å². The van der Waals surface area contributed by atoms with Crippen molar-refractivity contribution in [2.45, 2.75) is 58.0 Å². The molecule has 0 aliphatic carbocycles. The topological polar surface area (TPSA) is 111 Å². The molecule has 2 aromatic heterocycles. The van der Waals surface area contributed by atoms with Crippen LogP contribution in [-0.4, -0.2) is 55.6 Å². The molecule has 2 aliphatic heterocycles. The van der Waals surface area contributed by atoms with E-state index in [9.17, 15) is 9.59 Å². The molecule has 154 valence electrons. The number of ether oxygens (including phenoxy) is 1. The van der Waals surface area contributed by atoms with Crippen molar-refractivity contribution in [1.29, 1.82) is 0 Å². The van der Waals surface area contributed by atoms with Crippen LogP contribution in [-0.2, 0) is 14.3 Å². The fourth-order valence-corrected chi connectivity index (χ4v) is 3.96. The highest BCUT2D eigenvalue weighted by atomic mass is 16.6. The number of aryl methyl sites for hydroxylation is 1. The fourth-order valence-electron chi connectivity index (χ4n) is 3.96. The van der Waals surface area contributed by atoms with E-state index in [1.807, 2.05) is 25.7 Å². The van der Waals surface area contributed by atoms with Gasteiger partial charge in [0.05, 0.1) is 17.8 Å². The molecule has 29 heavy (non-hydrogen) atoms. The van der Waals surface area contributed by atoms with Gasteiger partial charge in [0.2, 0.25) is 5.91 Å². The Morgan fingerprint density at radius 1 is 1.24 bits per heavy atom. The minimum Gasteiger partial charge on any atom is -0.459 e. The number of carbonyl (C=O) groups is 2. The summed E-state index contributed by atoms with van der Waals surface area (Å²) in [6.45, 7) is 6.85. The molecule has 2 saturated heterocycles. The van der Waals surface area contributed by atoms with Crippen LogP contribution < -0.4 is 0 Å². The van der Waals surface area contributed by atoms with E-state index in [0.29, 0.717) is 36.9 Å². The van der Waals surface area contributed by atoms with Crippen LogP contribution in [0.5, 0.6) is 0 Å².